The molecule has 0 aromatic heterocycles. The molecule has 5 heteroatoms. The number of halogens is 1. The molecule has 0 aliphatic heterocycles. The first-order chi connectivity index (χ1) is 17.2. The maximum atomic E-state index is 13.7. The number of carbonyl (C=O) groups is 2. The summed E-state index contributed by atoms with van der Waals surface area (Å²) in [6.45, 7) is 8.60. The molecular weight excluding hydrogens is 512 g/mol. The summed E-state index contributed by atoms with van der Waals surface area (Å²) in [7, 11) is 0. The van der Waals surface area contributed by atoms with E-state index in [0.29, 0.717) is 31.7 Å². The molecule has 0 bridgehead atoms. The molecule has 0 saturated carbocycles. The number of benzene rings is 3. The van der Waals surface area contributed by atoms with E-state index in [1.807, 2.05) is 68.4 Å². The van der Waals surface area contributed by atoms with Gasteiger partial charge in [-0.3, -0.25) is 9.59 Å². The number of hydrogen-bond acceptors (Lipinski definition) is 2. The first-order valence-electron chi connectivity index (χ1n) is 12.7. The Kier molecular flexibility index (Phi) is 10.3. The van der Waals surface area contributed by atoms with Crippen LogP contribution in [0.2, 0.25) is 0 Å². The normalized spacial score (nSPS) is 12.0. The molecule has 0 saturated heterocycles. The van der Waals surface area contributed by atoms with Crippen LogP contribution < -0.4 is 5.32 Å². The molecule has 0 aliphatic rings. The zero-order valence-electron chi connectivity index (χ0n) is 21.7. The molecule has 1 N–H and O–H groups in total. The summed E-state index contributed by atoms with van der Waals surface area (Å²) in [5.41, 5.74) is 4.42. The van der Waals surface area contributed by atoms with Gasteiger partial charge in [0.2, 0.25) is 11.8 Å². The number of carbonyl (C=O) groups excluding carboxylic acids is 2. The van der Waals surface area contributed by atoms with Crippen molar-refractivity contribution < 1.29 is 9.59 Å². The Morgan fingerprint density at radius 2 is 1.50 bits per heavy atom. The Morgan fingerprint density at radius 1 is 0.833 bits per heavy atom. The molecule has 0 unspecified atom stereocenters. The molecule has 3 rings (SSSR count). The third-order valence-corrected chi connectivity index (χ3v) is 6.71. The molecule has 3 aromatic carbocycles. The monoisotopic (exact) mass is 548 g/mol. The maximum Gasteiger partial charge on any atom is 0.243 e. The maximum absolute atomic E-state index is 13.7. The summed E-state index contributed by atoms with van der Waals surface area (Å²) in [5.74, 6) is 0.320. The van der Waals surface area contributed by atoms with Crippen LogP contribution in [0, 0.1) is 0 Å². The molecule has 4 nitrogen and oxygen atoms in total. The van der Waals surface area contributed by atoms with Gasteiger partial charge in [0.1, 0.15) is 6.04 Å². The van der Waals surface area contributed by atoms with Crippen molar-refractivity contribution in [3.63, 3.8) is 0 Å². The summed E-state index contributed by atoms with van der Waals surface area (Å²) < 4.78 is 0.948. The van der Waals surface area contributed by atoms with Gasteiger partial charge < -0.3 is 10.2 Å². The van der Waals surface area contributed by atoms with Crippen LogP contribution in [0.1, 0.15) is 62.3 Å². The molecule has 0 fully saturated rings. The minimum absolute atomic E-state index is 0.0157. The van der Waals surface area contributed by atoms with Crippen LogP contribution in [0.3, 0.4) is 0 Å². The predicted octanol–water partition coefficient (Wildman–Crippen LogP) is 6.67. The molecule has 0 spiro atoms. The van der Waals surface area contributed by atoms with Gasteiger partial charge in [0.05, 0.1) is 0 Å². The van der Waals surface area contributed by atoms with E-state index in [1.54, 1.807) is 4.90 Å². The van der Waals surface area contributed by atoms with E-state index in [2.05, 4.69) is 59.4 Å². The second kappa shape index (κ2) is 13.4. The number of rotatable bonds is 11. The van der Waals surface area contributed by atoms with Crippen molar-refractivity contribution >= 4 is 27.7 Å². The van der Waals surface area contributed by atoms with Crippen molar-refractivity contribution in [3.8, 4) is 0 Å². The van der Waals surface area contributed by atoms with Gasteiger partial charge in [-0.25, -0.2) is 0 Å². The van der Waals surface area contributed by atoms with E-state index in [-0.39, 0.29) is 17.9 Å². The van der Waals surface area contributed by atoms with Gasteiger partial charge in [-0.1, -0.05) is 96.5 Å². The van der Waals surface area contributed by atoms with Crippen molar-refractivity contribution in [2.24, 2.45) is 0 Å². The number of amides is 2. The molecular formula is C31H37BrN2O2. The van der Waals surface area contributed by atoms with Gasteiger partial charge in [-0.2, -0.15) is 0 Å². The molecule has 2 amide bonds. The highest BCUT2D eigenvalue weighted by atomic mass is 79.9. The fourth-order valence-corrected chi connectivity index (χ4v) is 4.68. The van der Waals surface area contributed by atoms with Gasteiger partial charge >= 0.3 is 0 Å². The topological polar surface area (TPSA) is 49.4 Å². The molecule has 0 heterocycles. The molecule has 0 aliphatic carbocycles. The Bertz CT molecular complexity index is 1130. The van der Waals surface area contributed by atoms with E-state index in [4.69, 9.17) is 0 Å². The Hall–Kier alpha value is -2.92. The van der Waals surface area contributed by atoms with E-state index in [9.17, 15) is 9.59 Å². The van der Waals surface area contributed by atoms with Crippen molar-refractivity contribution in [3.05, 3.63) is 106 Å². The predicted molar refractivity (Wildman–Crippen MR) is 151 cm³/mol. The van der Waals surface area contributed by atoms with Crippen LogP contribution in [-0.4, -0.2) is 28.8 Å². The molecule has 0 radical (unpaired) electrons. The van der Waals surface area contributed by atoms with Crippen LogP contribution >= 0.6 is 15.9 Å². The van der Waals surface area contributed by atoms with Crippen LogP contribution in [0.25, 0.3) is 0 Å². The summed E-state index contributed by atoms with van der Waals surface area (Å²) in [4.78, 5) is 28.9. The highest BCUT2D eigenvalue weighted by Crippen LogP contribution is 2.20. The number of nitrogens with zero attached hydrogens (tertiary/aromatic N) is 1. The summed E-state index contributed by atoms with van der Waals surface area (Å²) in [6, 6.07) is 25.7. The first kappa shape index (κ1) is 27.7. The largest absolute Gasteiger partial charge is 0.352 e. The summed E-state index contributed by atoms with van der Waals surface area (Å²) >= 11 is 3.54. The smallest absolute Gasteiger partial charge is 0.243 e. The Labute approximate surface area is 224 Å². The lowest BCUT2D eigenvalue weighted by atomic mass is 9.99. The van der Waals surface area contributed by atoms with Gasteiger partial charge in [-0.15, -0.1) is 0 Å². The van der Waals surface area contributed by atoms with Crippen LogP contribution in [-0.2, 0) is 29.0 Å². The zero-order valence-corrected chi connectivity index (χ0v) is 23.3. The zero-order chi connectivity index (χ0) is 26.1. The Morgan fingerprint density at radius 3 is 2.11 bits per heavy atom. The third-order valence-electron chi connectivity index (χ3n) is 6.22. The van der Waals surface area contributed by atoms with Crippen molar-refractivity contribution in [1.82, 2.24) is 10.2 Å². The number of hydrogen-bond donors (Lipinski definition) is 1. The minimum Gasteiger partial charge on any atom is -0.352 e. The average molecular weight is 550 g/mol. The lowest BCUT2D eigenvalue weighted by molar-refractivity contribution is -0.141. The van der Waals surface area contributed by atoms with Crippen molar-refractivity contribution in [2.75, 3.05) is 0 Å². The molecule has 190 valence electrons. The molecule has 1 atom stereocenters. The van der Waals surface area contributed by atoms with Gasteiger partial charge in [0, 0.05) is 29.9 Å². The van der Waals surface area contributed by atoms with Gasteiger partial charge in [-0.05, 0) is 60.6 Å². The van der Waals surface area contributed by atoms with E-state index in [0.717, 1.165) is 21.2 Å². The second-order valence-corrected chi connectivity index (χ2v) is 10.8. The minimum atomic E-state index is -0.607. The quantitative estimate of drug-likeness (QED) is 0.291. The number of aryl methyl sites for hydroxylation is 1. The van der Waals surface area contributed by atoms with Crippen molar-refractivity contribution in [2.45, 2.75) is 71.5 Å². The fourth-order valence-electron chi connectivity index (χ4n) is 4.23. The molecule has 3 aromatic rings. The standard InChI is InChI=1S/C31H37BrN2O2/c1-22(2)27-16-13-24(14-17-27)15-18-30(35)34(21-26-11-8-12-28(32)19-26)29(31(36)33-23(3)4)20-25-9-6-5-7-10-25/h5-14,16-17,19,22-23,29H,15,18,20-21H2,1-4H3,(H,33,36)/t29-/m0/s1. The summed E-state index contributed by atoms with van der Waals surface area (Å²) in [6.07, 6.45) is 1.44. The fraction of sp³-hybridized carbons (Fsp3) is 0.355. The summed E-state index contributed by atoms with van der Waals surface area (Å²) in [5, 5.41) is 3.04. The van der Waals surface area contributed by atoms with Gasteiger partial charge in [0.15, 0.2) is 0 Å². The number of nitrogens with one attached hydrogen (secondary N) is 1. The second-order valence-electron chi connectivity index (χ2n) is 9.92. The van der Waals surface area contributed by atoms with Crippen LogP contribution in [0.15, 0.2) is 83.3 Å². The lowest BCUT2D eigenvalue weighted by Gasteiger charge is -2.32. The van der Waals surface area contributed by atoms with Gasteiger partial charge in [0.25, 0.3) is 0 Å². The molecule has 36 heavy (non-hydrogen) atoms. The van der Waals surface area contributed by atoms with Crippen LogP contribution in [0.4, 0.5) is 0 Å². The Balaban J connectivity index is 1.88. The lowest BCUT2D eigenvalue weighted by Crippen LogP contribution is -2.51. The highest BCUT2D eigenvalue weighted by molar-refractivity contribution is 9.10. The van der Waals surface area contributed by atoms with Crippen molar-refractivity contribution in [1.29, 1.82) is 0 Å². The van der Waals surface area contributed by atoms with E-state index >= 15 is 0 Å². The third kappa shape index (κ3) is 8.34. The average Bonchev–Trinajstić information content (AvgIpc) is 2.85. The SMILES string of the molecule is CC(C)NC(=O)[C@H](Cc1ccccc1)N(Cc1cccc(Br)c1)C(=O)CCc1ccc(C(C)C)cc1. The van der Waals surface area contributed by atoms with Crippen LogP contribution in [0.5, 0.6) is 0 Å². The van der Waals surface area contributed by atoms with E-state index < -0.39 is 6.04 Å². The van der Waals surface area contributed by atoms with E-state index in [1.165, 1.54) is 5.56 Å². The highest BCUT2D eigenvalue weighted by Gasteiger charge is 2.30. The first-order valence-corrected chi connectivity index (χ1v) is 13.5.